The summed E-state index contributed by atoms with van der Waals surface area (Å²) in [4.78, 5) is 0.946. The molecule has 138 valence electrons. The number of aromatic nitrogens is 4. The first kappa shape index (κ1) is 17.6. The first-order valence-corrected chi connectivity index (χ1v) is 10.8. The molecule has 9 heteroatoms. The SMILES string of the molecule is CCCc1nnc2sc(-c3cccc(NS(=O)(=O)c4ccccc4)c3)nn12. The van der Waals surface area contributed by atoms with Gasteiger partial charge in [-0.3, -0.25) is 4.72 Å². The number of hydrogen-bond donors (Lipinski definition) is 1. The van der Waals surface area contributed by atoms with Gasteiger partial charge < -0.3 is 0 Å². The summed E-state index contributed by atoms with van der Waals surface area (Å²) in [5.41, 5.74) is 1.30. The molecule has 7 nitrogen and oxygen atoms in total. The maximum absolute atomic E-state index is 12.5. The summed E-state index contributed by atoms with van der Waals surface area (Å²) in [6.07, 6.45) is 1.77. The van der Waals surface area contributed by atoms with E-state index in [4.69, 9.17) is 0 Å². The van der Waals surface area contributed by atoms with E-state index in [2.05, 4.69) is 26.9 Å². The van der Waals surface area contributed by atoms with E-state index in [9.17, 15) is 8.42 Å². The minimum Gasteiger partial charge on any atom is -0.280 e. The molecular formula is C18H17N5O2S2. The van der Waals surface area contributed by atoms with Crippen molar-refractivity contribution in [3.05, 3.63) is 60.4 Å². The third kappa shape index (κ3) is 3.56. The molecule has 27 heavy (non-hydrogen) atoms. The van der Waals surface area contributed by atoms with E-state index in [1.54, 1.807) is 53.0 Å². The van der Waals surface area contributed by atoms with Crippen molar-refractivity contribution in [3.63, 3.8) is 0 Å². The van der Waals surface area contributed by atoms with Crippen LogP contribution in [-0.2, 0) is 16.4 Å². The fourth-order valence-electron chi connectivity index (χ4n) is 2.68. The lowest BCUT2D eigenvalue weighted by atomic mass is 10.2. The molecule has 0 spiro atoms. The number of fused-ring (bicyclic) bond motifs is 1. The van der Waals surface area contributed by atoms with Gasteiger partial charge in [-0.25, -0.2) is 8.42 Å². The van der Waals surface area contributed by atoms with Gasteiger partial charge in [-0.05, 0) is 30.7 Å². The standard InChI is InChI=1S/C18H17N5O2S2/c1-2-7-16-19-20-18-23(16)21-17(26-18)13-8-6-9-14(12-13)22-27(24,25)15-10-4-3-5-11-15/h3-6,8-12,22H,2,7H2,1H3. The summed E-state index contributed by atoms with van der Waals surface area (Å²) in [6, 6.07) is 15.5. The number of nitrogens with one attached hydrogen (secondary N) is 1. The molecule has 0 unspecified atom stereocenters. The Morgan fingerprint density at radius 2 is 1.89 bits per heavy atom. The Hall–Kier alpha value is -2.78. The van der Waals surface area contributed by atoms with Gasteiger partial charge in [-0.1, -0.05) is 48.6 Å². The minimum absolute atomic E-state index is 0.221. The molecule has 0 aliphatic heterocycles. The second-order valence-electron chi connectivity index (χ2n) is 5.97. The molecule has 0 saturated heterocycles. The predicted molar refractivity (Wildman–Crippen MR) is 105 cm³/mol. The number of nitrogens with zero attached hydrogens (tertiary/aromatic N) is 4. The highest BCUT2D eigenvalue weighted by Gasteiger charge is 2.16. The molecule has 0 radical (unpaired) electrons. The molecule has 2 aromatic heterocycles. The Morgan fingerprint density at radius 1 is 1.07 bits per heavy atom. The van der Waals surface area contributed by atoms with E-state index in [1.165, 1.54) is 11.3 Å². The summed E-state index contributed by atoms with van der Waals surface area (Å²) >= 11 is 1.42. The summed E-state index contributed by atoms with van der Waals surface area (Å²) in [5, 5.41) is 13.7. The van der Waals surface area contributed by atoms with Crippen molar-refractivity contribution < 1.29 is 8.42 Å². The number of rotatable bonds is 6. The molecule has 0 amide bonds. The average molecular weight is 400 g/mol. The zero-order valence-electron chi connectivity index (χ0n) is 14.5. The van der Waals surface area contributed by atoms with Crippen molar-refractivity contribution in [2.75, 3.05) is 4.72 Å². The van der Waals surface area contributed by atoms with E-state index in [-0.39, 0.29) is 4.90 Å². The van der Waals surface area contributed by atoms with E-state index >= 15 is 0 Å². The predicted octanol–water partition coefficient (Wildman–Crippen LogP) is 3.61. The fourth-order valence-corrected chi connectivity index (χ4v) is 4.61. The van der Waals surface area contributed by atoms with Gasteiger partial charge >= 0.3 is 0 Å². The van der Waals surface area contributed by atoms with Crippen LogP contribution in [0.2, 0.25) is 0 Å². The topological polar surface area (TPSA) is 89.2 Å². The molecule has 0 aliphatic rings. The van der Waals surface area contributed by atoms with Crippen molar-refractivity contribution >= 4 is 32.0 Å². The molecule has 4 aromatic rings. The van der Waals surface area contributed by atoms with Gasteiger partial charge in [0.05, 0.1) is 4.90 Å². The number of aryl methyl sites for hydroxylation is 1. The highest BCUT2D eigenvalue weighted by Crippen LogP contribution is 2.28. The van der Waals surface area contributed by atoms with Crippen LogP contribution in [0.25, 0.3) is 15.5 Å². The summed E-state index contributed by atoms with van der Waals surface area (Å²) in [6.45, 7) is 2.08. The Labute approximate surface area is 160 Å². The van der Waals surface area contributed by atoms with E-state index < -0.39 is 10.0 Å². The van der Waals surface area contributed by atoms with Crippen LogP contribution in [-0.4, -0.2) is 28.2 Å². The van der Waals surface area contributed by atoms with Crippen molar-refractivity contribution in [2.24, 2.45) is 0 Å². The normalized spacial score (nSPS) is 11.7. The van der Waals surface area contributed by atoms with Gasteiger partial charge in [-0.2, -0.15) is 9.61 Å². The molecule has 0 saturated carbocycles. The monoisotopic (exact) mass is 399 g/mol. The van der Waals surface area contributed by atoms with Crippen LogP contribution in [0.5, 0.6) is 0 Å². The van der Waals surface area contributed by atoms with E-state index in [0.717, 1.165) is 34.2 Å². The lowest BCUT2D eigenvalue weighted by Gasteiger charge is -2.08. The number of anilines is 1. The summed E-state index contributed by atoms with van der Waals surface area (Å²) < 4.78 is 29.4. The van der Waals surface area contributed by atoms with Gasteiger partial charge in [0.15, 0.2) is 5.82 Å². The Kier molecular flexibility index (Phi) is 4.63. The molecule has 2 heterocycles. The molecule has 0 bridgehead atoms. The number of sulfonamides is 1. The maximum atomic E-state index is 12.5. The molecule has 0 fully saturated rings. The fraction of sp³-hybridized carbons (Fsp3) is 0.167. The van der Waals surface area contributed by atoms with E-state index in [1.807, 2.05) is 6.07 Å². The quantitative estimate of drug-likeness (QED) is 0.535. The van der Waals surface area contributed by atoms with Crippen LogP contribution in [0.3, 0.4) is 0 Å². The second kappa shape index (κ2) is 7.09. The smallest absolute Gasteiger partial charge is 0.261 e. The van der Waals surface area contributed by atoms with Crippen molar-refractivity contribution in [1.29, 1.82) is 0 Å². The lowest BCUT2D eigenvalue weighted by Crippen LogP contribution is -2.12. The highest BCUT2D eigenvalue weighted by atomic mass is 32.2. The van der Waals surface area contributed by atoms with Gasteiger partial charge in [0.1, 0.15) is 5.01 Å². The van der Waals surface area contributed by atoms with Crippen molar-refractivity contribution in [1.82, 2.24) is 19.8 Å². The molecule has 0 aliphatic carbocycles. The first-order valence-electron chi connectivity index (χ1n) is 8.46. The van der Waals surface area contributed by atoms with Crippen molar-refractivity contribution in [3.8, 4) is 10.6 Å². The van der Waals surface area contributed by atoms with E-state index in [0.29, 0.717) is 5.69 Å². The molecule has 1 N–H and O–H groups in total. The van der Waals surface area contributed by atoms with Crippen LogP contribution in [0.1, 0.15) is 19.2 Å². The molecule has 4 rings (SSSR count). The maximum Gasteiger partial charge on any atom is 0.261 e. The zero-order chi connectivity index (χ0) is 18.9. The minimum atomic E-state index is -3.63. The third-order valence-corrected chi connectivity index (χ3v) is 6.29. The van der Waals surface area contributed by atoms with Crippen LogP contribution in [0.15, 0.2) is 59.5 Å². The Bertz CT molecular complexity index is 1180. The van der Waals surface area contributed by atoms with Crippen LogP contribution in [0, 0.1) is 0 Å². The number of hydrogen-bond acceptors (Lipinski definition) is 6. The molecule has 0 atom stereocenters. The Balaban J connectivity index is 1.65. The highest BCUT2D eigenvalue weighted by molar-refractivity contribution is 7.92. The van der Waals surface area contributed by atoms with Gasteiger partial charge in [0, 0.05) is 17.7 Å². The van der Waals surface area contributed by atoms with Crippen LogP contribution < -0.4 is 4.72 Å². The second-order valence-corrected chi connectivity index (χ2v) is 8.61. The van der Waals surface area contributed by atoms with Gasteiger partial charge in [0.25, 0.3) is 10.0 Å². The average Bonchev–Trinajstić information content (AvgIpc) is 3.25. The van der Waals surface area contributed by atoms with Gasteiger partial charge in [0.2, 0.25) is 4.96 Å². The largest absolute Gasteiger partial charge is 0.280 e. The summed E-state index contributed by atoms with van der Waals surface area (Å²) in [5.74, 6) is 0.830. The lowest BCUT2D eigenvalue weighted by molar-refractivity contribution is 0.601. The summed E-state index contributed by atoms with van der Waals surface area (Å²) in [7, 11) is -3.63. The number of benzene rings is 2. The van der Waals surface area contributed by atoms with Crippen molar-refractivity contribution in [2.45, 2.75) is 24.7 Å². The zero-order valence-corrected chi connectivity index (χ0v) is 16.2. The van der Waals surface area contributed by atoms with Crippen LogP contribution in [0.4, 0.5) is 5.69 Å². The molecular weight excluding hydrogens is 382 g/mol. The first-order chi connectivity index (χ1) is 13.1. The van der Waals surface area contributed by atoms with Crippen LogP contribution >= 0.6 is 11.3 Å². The third-order valence-electron chi connectivity index (χ3n) is 3.94. The Morgan fingerprint density at radius 3 is 2.67 bits per heavy atom. The van der Waals surface area contributed by atoms with Gasteiger partial charge in [-0.15, -0.1) is 10.2 Å². The molecule has 2 aromatic carbocycles.